The molecule has 1 atom stereocenters. The Morgan fingerprint density at radius 2 is 1.74 bits per heavy atom. The summed E-state index contributed by atoms with van der Waals surface area (Å²) in [6, 6.07) is 6.03. The molecule has 182 valence electrons. The van der Waals surface area contributed by atoms with Crippen LogP contribution in [0, 0.1) is 20.8 Å². The van der Waals surface area contributed by atoms with Gasteiger partial charge in [0.25, 0.3) is 0 Å². The van der Waals surface area contributed by atoms with Gasteiger partial charge >= 0.3 is 6.18 Å². The minimum atomic E-state index is -4.39. The predicted octanol–water partition coefficient (Wildman–Crippen LogP) is 5.28. The summed E-state index contributed by atoms with van der Waals surface area (Å²) in [5.74, 6) is 2.08. The van der Waals surface area contributed by atoms with Crippen LogP contribution < -0.4 is 10.2 Å². The summed E-state index contributed by atoms with van der Waals surface area (Å²) < 4.78 is 40.6. The quantitative estimate of drug-likeness (QED) is 0.545. The summed E-state index contributed by atoms with van der Waals surface area (Å²) in [5, 5.41) is 4.27. The van der Waals surface area contributed by atoms with E-state index in [9.17, 15) is 13.2 Å². The summed E-state index contributed by atoms with van der Waals surface area (Å²) >= 11 is 0. The zero-order valence-corrected chi connectivity index (χ0v) is 20.3. The molecule has 1 N–H and O–H groups in total. The molecule has 1 aromatic carbocycles. The van der Waals surface area contributed by atoms with Crippen LogP contribution in [-0.4, -0.2) is 53.1 Å². The van der Waals surface area contributed by atoms with Crippen LogP contribution in [0.3, 0.4) is 0 Å². The third-order valence-electron chi connectivity index (χ3n) is 6.56. The van der Waals surface area contributed by atoms with E-state index in [0.29, 0.717) is 23.6 Å². The van der Waals surface area contributed by atoms with E-state index in [-0.39, 0.29) is 11.6 Å². The minimum absolute atomic E-state index is 0.236. The second kappa shape index (κ2) is 9.37. The molecule has 1 aliphatic heterocycles. The number of pyridine rings is 1. The van der Waals surface area contributed by atoms with E-state index >= 15 is 0 Å². The fourth-order valence-electron chi connectivity index (χ4n) is 4.59. The molecule has 0 unspecified atom stereocenters. The monoisotopic (exact) mass is 472 g/mol. The van der Waals surface area contributed by atoms with Crippen molar-refractivity contribution >= 4 is 22.5 Å². The van der Waals surface area contributed by atoms with Crippen LogP contribution in [0.5, 0.6) is 0 Å². The molecule has 1 fully saturated rings. The van der Waals surface area contributed by atoms with Gasteiger partial charge in [0.05, 0.1) is 22.8 Å². The molecule has 0 saturated carbocycles. The number of benzene rings is 1. The van der Waals surface area contributed by atoms with E-state index in [1.807, 2.05) is 26.8 Å². The number of aryl methyl sites for hydroxylation is 2. The van der Waals surface area contributed by atoms with Gasteiger partial charge < -0.3 is 15.1 Å². The lowest BCUT2D eigenvalue weighted by molar-refractivity contribution is -0.138. The van der Waals surface area contributed by atoms with Crippen molar-refractivity contribution in [1.82, 2.24) is 19.9 Å². The highest BCUT2D eigenvalue weighted by atomic mass is 19.4. The van der Waals surface area contributed by atoms with Crippen molar-refractivity contribution in [3.8, 4) is 0 Å². The summed E-state index contributed by atoms with van der Waals surface area (Å²) in [4.78, 5) is 18.6. The number of alkyl halides is 3. The molecule has 9 heteroatoms. The first-order valence-electron chi connectivity index (χ1n) is 11.6. The maximum atomic E-state index is 13.5. The topological polar surface area (TPSA) is 57.2 Å². The Morgan fingerprint density at radius 3 is 2.38 bits per heavy atom. The molecule has 4 rings (SSSR count). The Labute approximate surface area is 198 Å². The third kappa shape index (κ3) is 4.80. The van der Waals surface area contributed by atoms with E-state index < -0.39 is 11.7 Å². The van der Waals surface area contributed by atoms with Crippen molar-refractivity contribution in [3.63, 3.8) is 0 Å². The first kappa shape index (κ1) is 24.2. The molecular weight excluding hydrogens is 441 g/mol. The Balaban J connectivity index is 1.76. The van der Waals surface area contributed by atoms with Gasteiger partial charge in [-0.3, -0.25) is 0 Å². The number of rotatable bonds is 5. The number of hydrogen-bond acceptors (Lipinski definition) is 6. The van der Waals surface area contributed by atoms with Gasteiger partial charge in [-0.05, 0) is 57.5 Å². The van der Waals surface area contributed by atoms with Crippen molar-refractivity contribution < 1.29 is 13.2 Å². The fourth-order valence-corrected chi connectivity index (χ4v) is 4.59. The first-order chi connectivity index (χ1) is 16.1. The van der Waals surface area contributed by atoms with Crippen molar-refractivity contribution in [2.75, 3.05) is 43.4 Å². The van der Waals surface area contributed by atoms with Gasteiger partial charge in [0.15, 0.2) is 0 Å². The maximum absolute atomic E-state index is 13.5. The molecule has 1 saturated heterocycles. The second-order valence-corrected chi connectivity index (χ2v) is 8.99. The summed E-state index contributed by atoms with van der Waals surface area (Å²) in [7, 11) is 2.11. The average molecular weight is 473 g/mol. The number of nitrogens with zero attached hydrogens (tertiary/aromatic N) is 5. The highest BCUT2D eigenvalue weighted by molar-refractivity contribution is 5.92. The van der Waals surface area contributed by atoms with Gasteiger partial charge in [-0.25, -0.2) is 15.0 Å². The second-order valence-electron chi connectivity index (χ2n) is 8.99. The molecule has 0 spiro atoms. The van der Waals surface area contributed by atoms with Crippen LogP contribution in [-0.2, 0) is 6.18 Å². The Hall–Kier alpha value is -2.94. The molecule has 6 nitrogen and oxygen atoms in total. The molecule has 1 aliphatic rings. The standard InChI is InChI=1S/C25H31F3N6/c1-6-21(18-8-7-9-20(15(18)2)25(26,27)28)32-24-19-14-22(34-12-10-33(5)11-13-34)29-16(3)23(19)30-17(4)31-24/h7-9,14,21H,6,10-13H2,1-5H3,(H,30,31,32)/t21-/m1/s1. The Kier molecular flexibility index (Phi) is 6.66. The number of anilines is 2. The molecule has 0 amide bonds. The molecule has 0 bridgehead atoms. The van der Waals surface area contributed by atoms with E-state index in [1.54, 1.807) is 6.07 Å². The number of nitrogens with one attached hydrogen (secondary N) is 1. The zero-order chi connectivity index (χ0) is 24.6. The minimum Gasteiger partial charge on any atom is -0.363 e. The van der Waals surface area contributed by atoms with E-state index in [2.05, 4.69) is 32.1 Å². The van der Waals surface area contributed by atoms with Crippen LogP contribution in [0.25, 0.3) is 10.9 Å². The van der Waals surface area contributed by atoms with Crippen molar-refractivity contribution in [2.45, 2.75) is 46.3 Å². The Morgan fingerprint density at radius 1 is 1.03 bits per heavy atom. The fraction of sp³-hybridized carbons (Fsp3) is 0.480. The molecule has 3 aromatic rings. The lowest BCUT2D eigenvalue weighted by Gasteiger charge is -2.33. The predicted molar refractivity (Wildman–Crippen MR) is 129 cm³/mol. The van der Waals surface area contributed by atoms with Crippen molar-refractivity contribution in [2.24, 2.45) is 0 Å². The number of likely N-dealkylation sites (N-methyl/N-ethyl adjacent to an activating group) is 1. The maximum Gasteiger partial charge on any atom is 0.416 e. The summed E-state index contributed by atoms with van der Waals surface area (Å²) in [6.07, 6.45) is -3.79. The molecule has 34 heavy (non-hydrogen) atoms. The van der Waals surface area contributed by atoms with E-state index in [4.69, 9.17) is 4.98 Å². The van der Waals surface area contributed by atoms with Gasteiger partial charge in [-0.2, -0.15) is 13.2 Å². The van der Waals surface area contributed by atoms with Crippen LogP contribution in [0.15, 0.2) is 24.3 Å². The lowest BCUT2D eigenvalue weighted by atomic mass is 9.95. The SMILES string of the molecule is CC[C@@H](Nc1nc(C)nc2c(C)nc(N3CCN(C)CC3)cc12)c1cccc(C(F)(F)F)c1C. The average Bonchev–Trinajstić information content (AvgIpc) is 2.78. The van der Waals surface area contributed by atoms with Gasteiger partial charge in [-0.15, -0.1) is 0 Å². The van der Waals surface area contributed by atoms with Crippen LogP contribution in [0.1, 0.15) is 47.6 Å². The number of hydrogen-bond donors (Lipinski definition) is 1. The smallest absolute Gasteiger partial charge is 0.363 e. The molecule has 0 radical (unpaired) electrons. The lowest BCUT2D eigenvalue weighted by Crippen LogP contribution is -2.44. The largest absolute Gasteiger partial charge is 0.416 e. The Bertz CT molecular complexity index is 1190. The van der Waals surface area contributed by atoms with Crippen LogP contribution in [0.2, 0.25) is 0 Å². The van der Waals surface area contributed by atoms with Crippen molar-refractivity contribution in [3.05, 3.63) is 52.5 Å². The highest BCUT2D eigenvalue weighted by Gasteiger charge is 2.33. The molecule has 2 aromatic heterocycles. The van der Waals surface area contributed by atoms with E-state index in [0.717, 1.165) is 54.7 Å². The normalized spacial score (nSPS) is 16.2. The van der Waals surface area contributed by atoms with Crippen LogP contribution >= 0.6 is 0 Å². The third-order valence-corrected chi connectivity index (χ3v) is 6.56. The van der Waals surface area contributed by atoms with Crippen LogP contribution in [0.4, 0.5) is 24.8 Å². The molecule has 3 heterocycles. The first-order valence-corrected chi connectivity index (χ1v) is 11.6. The van der Waals surface area contributed by atoms with E-state index in [1.165, 1.54) is 13.0 Å². The van der Waals surface area contributed by atoms with Gasteiger partial charge in [-0.1, -0.05) is 19.1 Å². The number of halogens is 3. The number of piperazine rings is 1. The highest BCUT2D eigenvalue weighted by Crippen LogP contribution is 2.37. The number of fused-ring (bicyclic) bond motifs is 1. The summed E-state index contributed by atoms with van der Waals surface area (Å²) in [5.41, 5.74) is 1.81. The zero-order valence-electron chi connectivity index (χ0n) is 20.3. The molecular formula is C25H31F3N6. The molecule has 0 aliphatic carbocycles. The number of aromatic nitrogens is 3. The van der Waals surface area contributed by atoms with Gasteiger partial charge in [0.2, 0.25) is 0 Å². The summed E-state index contributed by atoms with van der Waals surface area (Å²) in [6.45, 7) is 10.9. The van der Waals surface area contributed by atoms with Gasteiger partial charge in [0.1, 0.15) is 17.5 Å². The van der Waals surface area contributed by atoms with Gasteiger partial charge in [0, 0.05) is 31.6 Å². The van der Waals surface area contributed by atoms with Crippen molar-refractivity contribution in [1.29, 1.82) is 0 Å².